The fourth-order valence-electron chi connectivity index (χ4n) is 0. The first-order valence-electron chi connectivity index (χ1n) is 1.48. The van der Waals surface area contributed by atoms with Gasteiger partial charge in [0.05, 0.1) is 0 Å². The van der Waals surface area contributed by atoms with Gasteiger partial charge in [-0.05, 0) is 0 Å². The summed E-state index contributed by atoms with van der Waals surface area (Å²) < 4.78 is -0.185. The van der Waals surface area contributed by atoms with Gasteiger partial charge in [-0.3, -0.25) is 0 Å². The SMILES string of the molecule is C=C(C)[C](=O)[Fe]. The third-order valence-corrected chi connectivity index (χ3v) is 0.796. The van der Waals surface area contributed by atoms with E-state index in [1.54, 1.807) is 6.92 Å². The number of carbonyl (C=O) groups excluding carboxylic acids is 1. The molecule has 2 heteroatoms. The molecule has 0 spiro atoms. The molecule has 0 rings (SSSR count). The molecule has 1 nitrogen and oxygen atoms in total. The molecule has 6 heavy (non-hydrogen) atoms. The first kappa shape index (κ1) is 5.93. The summed E-state index contributed by atoms with van der Waals surface area (Å²) in [5, 5.41) is 0. The zero-order valence-corrected chi connectivity index (χ0v) is 4.57. The van der Waals surface area contributed by atoms with Crippen molar-refractivity contribution >= 4 is 4.68 Å². The molecule has 0 aromatic heterocycles. The monoisotopic (exact) mass is 125 g/mol. The van der Waals surface area contributed by atoms with Gasteiger partial charge in [0.15, 0.2) is 0 Å². The van der Waals surface area contributed by atoms with Crippen molar-refractivity contribution in [3.8, 4) is 0 Å². The summed E-state index contributed by atoms with van der Waals surface area (Å²) >= 11 is 3.10. The van der Waals surface area contributed by atoms with Crippen molar-refractivity contribution in [3.63, 3.8) is 0 Å². The van der Waals surface area contributed by atoms with Crippen LogP contribution in [0.4, 0.5) is 0 Å². The Balaban J connectivity index is 3.57. The fraction of sp³-hybridized carbons (Fsp3) is 0.250. The van der Waals surface area contributed by atoms with Gasteiger partial charge in [-0.15, -0.1) is 0 Å². The maximum atomic E-state index is 9.93. The average molecular weight is 125 g/mol. The van der Waals surface area contributed by atoms with Gasteiger partial charge in [-0.1, -0.05) is 0 Å². The predicted molar refractivity (Wildman–Crippen MR) is 19.8 cm³/mol. The van der Waals surface area contributed by atoms with Crippen LogP contribution in [0, 0.1) is 0 Å². The Bertz CT molecular complexity index is 73.5. The van der Waals surface area contributed by atoms with Gasteiger partial charge in [0.25, 0.3) is 0 Å². The average Bonchev–Trinajstić information content (AvgIpc) is 1.36. The second-order valence-corrected chi connectivity index (χ2v) is 1.54. The van der Waals surface area contributed by atoms with E-state index in [1.807, 2.05) is 0 Å². The molecule has 0 atom stereocenters. The minimum atomic E-state index is -0.185. The molecule has 0 aromatic rings. The van der Waals surface area contributed by atoms with E-state index in [1.165, 1.54) is 0 Å². The van der Waals surface area contributed by atoms with E-state index in [0.29, 0.717) is 5.57 Å². The Hall–Kier alpha value is -0.0705. The Morgan fingerprint density at radius 2 is 2.00 bits per heavy atom. The minimum absolute atomic E-state index is 0.185. The summed E-state index contributed by atoms with van der Waals surface area (Å²) in [5.41, 5.74) is 0.509. The van der Waals surface area contributed by atoms with Crippen molar-refractivity contribution in [1.82, 2.24) is 0 Å². The first-order valence-corrected chi connectivity index (χ1v) is 2.04. The van der Waals surface area contributed by atoms with E-state index in [2.05, 4.69) is 22.6 Å². The van der Waals surface area contributed by atoms with E-state index >= 15 is 0 Å². The van der Waals surface area contributed by atoms with Crippen LogP contribution >= 0.6 is 0 Å². The molecular formula is C4H5FeO. The van der Waals surface area contributed by atoms with Crippen molar-refractivity contribution in [2.45, 2.75) is 6.92 Å². The molecule has 0 aliphatic heterocycles. The van der Waals surface area contributed by atoms with Gasteiger partial charge in [0.2, 0.25) is 0 Å². The van der Waals surface area contributed by atoms with Gasteiger partial charge in [-0.25, -0.2) is 0 Å². The second kappa shape index (κ2) is 2.16. The van der Waals surface area contributed by atoms with E-state index in [9.17, 15) is 4.79 Å². The molecule has 0 amide bonds. The molecule has 0 unspecified atom stereocenters. The third kappa shape index (κ3) is 2.18. The Morgan fingerprint density at radius 3 is 2.00 bits per heavy atom. The molecule has 0 N–H and O–H groups in total. The van der Waals surface area contributed by atoms with Gasteiger partial charge < -0.3 is 0 Å². The van der Waals surface area contributed by atoms with Crippen LogP contribution in [0.2, 0.25) is 0 Å². The predicted octanol–water partition coefficient (Wildman–Crippen LogP) is 0.636. The topological polar surface area (TPSA) is 17.1 Å². The molecule has 0 aliphatic carbocycles. The molecule has 0 aromatic carbocycles. The second-order valence-electron chi connectivity index (χ2n) is 1.04. The standard InChI is InChI=1S/C4H5O.Fe/c1-4(2)3-5;/h1H2,2H3;. The van der Waals surface area contributed by atoms with Crippen LogP contribution in [-0.4, -0.2) is 4.68 Å². The number of hydrogen-bond donors (Lipinski definition) is 0. The molecule has 0 radical (unpaired) electrons. The van der Waals surface area contributed by atoms with Crippen molar-refractivity contribution < 1.29 is 20.8 Å². The summed E-state index contributed by atoms with van der Waals surface area (Å²) in [4.78, 5) is 9.93. The molecule has 0 heterocycles. The van der Waals surface area contributed by atoms with Crippen molar-refractivity contribution in [3.05, 3.63) is 12.2 Å². The fourth-order valence-corrected chi connectivity index (χ4v) is 0. The van der Waals surface area contributed by atoms with Gasteiger partial charge in [-0.2, -0.15) is 0 Å². The first-order chi connectivity index (χ1) is 2.64. The van der Waals surface area contributed by atoms with Crippen LogP contribution in [0.5, 0.6) is 0 Å². The van der Waals surface area contributed by atoms with Gasteiger partial charge in [0, 0.05) is 0 Å². The molecular weight excluding hydrogens is 120 g/mol. The molecule has 0 fully saturated rings. The van der Waals surface area contributed by atoms with Gasteiger partial charge in [0.1, 0.15) is 0 Å². The molecule has 0 aliphatic rings. The zero-order chi connectivity index (χ0) is 5.15. The van der Waals surface area contributed by atoms with Crippen molar-refractivity contribution in [2.75, 3.05) is 0 Å². The van der Waals surface area contributed by atoms with Crippen LogP contribution in [0.15, 0.2) is 12.2 Å². The Labute approximate surface area is 45.2 Å². The normalized spacial score (nSPS) is 7.67. The maximum absolute atomic E-state index is 9.93. The quantitative estimate of drug-likeness (QED) is 0.371. The van der Waals surface area contributed by atoms with Crippen LogP contribution in [0.3, 0.4) is 0 Å². The molecule has 0 saturated heterocycles. The van der Waals surface area contributed by atoms with Crippen LogP contribution in [0.25, 0.3) is 0 Å². The van der Waals surface area contributed by atoms with Gasteiger partial charge >= 0.3 is 44.6 Å². The number of allylic oxidation sites excluding steroid dienone is 1. The summed E-state index contributed by atoms with van der Waals surface area (Å²) in [7, 11) is 0. The molecule has 0 saturated carbocycles. The molecule has 0 bridgehead atoms. The summed E-state index contributed by atoms with van der Waals surface area (Å²) in [5.74, 6) is 0. The molecule has 35 valence electrons. The van der Waals surface area contributed by atoms with E-state index < -0.39 is 0 Å². The van der Waals surface area contributed by atoms with Crippen molar-refractivity contribution in [2.24, 2.45) is 0 Å². The zero-order valence-electron chi connectivity index (χ0n) is 3.47. The summed E-state index contributed by atoms with van der Waals surface area (Å²) in [6.45, 7) is 4.98. The summed E-state index contributed by atoms with van der Waals surface area (Å²) in [6, 6.07) is 0. The number of rotatable bonds is 1. The van der Waals surface area contributed by atoms with Crippen LogP contribution in [-0.2, 0) is 20.8 Å². The number of carbonyl (C=O) groups is 1. The van der Waals surface area contributed by atoms with E-state index in [-0.39, 0.29) is 4.68 Å². The van der Waals surface area contributed by atoms with E-state index in [0.717, 1.165) is 0 Å². The Kier molecular flexibility index (Phi) is 2.14. The summed E-state index contributed by atoms with van der Waals surface area (Å²) in [6.07, 6.45) is 0. The van der Waals surface area contributed by atoms with Crippen LogP contribution in [0.1, 0.15) is 6.92 Å². The third-order valence-electron chi connectivity index (χ3n) is 0.325. The van der Waals surface area contributed by atoms with Crippen LogP contribution < -0.4 is 0 Å². The number of hydrogen-bond acceptors (Lipinski definition) is 1. The Morgan fingerprint density at radius 1 is 1.83 bits per heavy atom. The van der Waals surface area contributed by atoms with Crippen molar-refractivity contribution in [1.29, 1.82) is 0 Å². The van der Waals surface area contributed by atoms with E-state index in [4.69, 9.17) is 0 Å².